The van der Waals surface area contributed by atoms with E-state index in [0.717, 1.165) is 32.7 Å². The van der Waals surface area contributed by atoms with Gasteiger partial charge in [0, 0.05) is 50.0 Å². The van der Waals surface area contributed by atoms with E-state index in [4.69, 9.17) is 0 Å². The molecule has 1 aliphatic rings. The molecule has 3 rings (SSSR count). The lowest BCUT2D eigenvalue weighted by atomic mass is 10.2. The molecule has 0 radical (unpaired) electrons. The van der Waals surface area contributed by atoms with Crippen molar-refractivity contribution in [2.45, 2.75) is 13.1 Å². The van der Waals surface area contributed by atoms with Gasteiger partial charge in [-0.3, -0.25) is 9.88 Å². The molecule has 5 nitrogen and oxygen atoms in total. The van der Waals surface area contributed by atoms with E-state index < -0.39 is 0 Å². The molecule has 1 aliphatic heterocycles. The van der Waals surface area contributed by atoms with Crippen molar-refractivity contribution in [1.29, 1.82) is 0 Å². The van der Waals surface area contributed by atoms with E-state index in [1.165, 1.54) is 10.4 Å². The second-order valence-corrected chi connectivity index (χ2v) is 6.39. The van der Waals surface area contributed by atoms with Crippen molar-refractivity contribution in [2.24, 2.45) is 0 Å². The van der Waals surface area contributed by atoms with Crippen LogP contribution in [0.4, 0.5) is 4.79 Å². The molecule has 1 saturated heterocycles. The highest BCUT2D eigenvalue weighted by atomic mass is 32.1. The zero-order valence-electron chi connectivity index (χ0n) is 12.4. The summed E-state index contributed by atoms with van der Waals surface area (Å²) in [4.78, 5) is 21.7. The van der Waals surface area contributed by atoms with Gasteiger partial charge in [-0.15, -0.1) is 11.3 Å². The van der Waals surface area contributed by atoms with Gasteiger partial charge in [0.15, 0.2) is 0 Å². The summed E-state index contributed by atoms with van der Waals surface area (Å²) in [6.45, 7) is 4.88. The molecule has 0 bridgehead atoms. The van der Waals surface area contributed by atoms with Crippen molar-refractivity contribution in [3.05, 3.63) is 52.5 Å². The second kappa shape index (κ2) is 7.38. The molecular weight excluding hydrogens is 296 g/mol. The summed E-state index contributed by atoms with van der Waals surface area (Å²) < 4.78 is 0. The van der Waals surface area contributed by atoms with E-state index in [9.17, 15) is 4.79 Å². The van der Waals surface area contributed by atoms with Gasteiger partial charge < -0.3 is 10.2 Å². The van der Waals surface area contributed by atoms with Crippen LogP contribution in [0.15, 0.2) is 42.0 Å². The first-order valence-corrected chi connectivity index (χ1v) is 8.35. The molecule has 0 aromatic carbocycles. The van der Waals surface area contributed by atoms with Gasteiger partial charge in [-0.1, -0.05) is 12.1 Å². The predicted octanol–water partition coefficient (Wildman–Crippen LogP) is 2.17. The van der Waals surface area contributed by atoms with Gasteiger partial charge >= 0.3 is 6.03 Å². The molecule has 116 valence electrons. The molecule has 22 heavy (non-hydrogen) atoms. The maximum absolute atomic E-state index is 12.1. The van der Waals surface area contributed by atoms with Crippen LogP contribution in [0.25, 0.3) is 0 Å². The first-order valence-electron chi connectivity index (χ1n) is 7.48. The van der Waals surface area contributed by atoms with Crippen molar-refractivity contribution in [2.75, 3.05) is 26.2 Å². The van der Waals surface area contributed by atoms with E-state index in [-0.39, 0.29) is 6.03 Å². The fourth-order valence-corrected chi connectivity index (χ4v) is 3.19. The van der Waals surface area contributed by atoms with Crippen molar-refractivity contribution < 1.29 is 4.79 Å². The minimum atomic E-state index is 0.0365. The van der Waals surface area contributed by atoms with Crippen molar-refractivity contribution >= 4 is 17.4 Å². The predicted molar refractivity (Wildman–Crippen MR) is 87.6 cm³/mol. The van der Waals surface area contributed by atoms with E-state index in [0.29, 0.717) is 6.54 Å². The number of urea groups is 1. The summed E-state index contributed by atoms with van der Waals surface area (Å²) in [7, 11) is 0. The van der Waals surface area contributed by atoms with Gasteiger partial charge in [-0.2, -0.15) is 0 Å². The summed E-state index contributed by atoms with van der Waals surface area (Å²) >= 11 is 1.67. The van der Waals surface area contributed by atoms with Crippen LogP contribution in [0.3, 0.4) is 0 Å². The minimum absolute atomic E-state index is 0.0365. The van der Waals surface area contributed by atoms with Crippen molar-refractivity contribution in [3.8, 4) is 0 Å². The van der Waals surface area contributed by atoms with Gasteiger partial charge in [0.05, 0.1) is 6.54 Å². The van der Waals surface area contributed by atoms with Gasteiger partial charge in [-0.05, 0) is 23.1 Å². The third-order valence-electron chi connectivity index (χ3n) is 3.78. The smallest absolute Gasteiger partial charge is 0.317 e. The first kappa shape index (κ1) is 15.0. The summed E-state index contributed by atoms with van der Waals surface area (Å²) in [5.41, 5.74) is 1.22. The van der Waals surface area contributed by atoms with E-state index in [1.807, 2.05) is 34.7 Å². The van der Waals surface area contributed by atoms with E-state index in [1.54, 1.807) is 17.5 Å². The molecule has 1 fully saturated rings. The highest BCUT2D eigenvalue weighted by Gasteiger charge is 2.20. The van der Waals surface area contributed by atoms with E-state index >= 15 is 0 Å². The van der Waals surface area contributed by atoms with Crippen LogP contribution < -0.4 is 5.32 Å². The van der Waals surface area contributed by atoms with Crippen LogP contribution in [-0.4, -0.2) is 47.0 Å². The third-order valence-corrected chi connectivity index (χ3v) is 4.66. The molecule has 0 saturated carbocycles. The Balaban J connectivity index is 1.42. The van der Waals surface area contributed by atoms with Gasteiger partial charge in [0.25, 0.3) is 0 Å². The second-order valence-electron chi connectivity index (χ2n) is 5.36. The Morgan fingerprint density at radius 3 is 2.77 bits per heavy atom. The molecule has 0 spiro atoms. The van der Waals surface area contributed by atoms with Crippen LogP contribution in [0.1, 0.15) is 10.4 Å². The summed E-state index contributed by atoms with van der Waals surface area (Å²) in [6.07, 6.45) is 3.69. The van der Waals surface area contributed by atoms with Crippen LogP contribution in [0.2, 0.25) is 0 Å². The Labute approximate surface area is 134 Å². The van der Waals surface area contributed by atoms with Crippen LogP contribution in [0, 0.1) is 0 Å². The third kappa shape index (κ3) is 4.05. The maximum atomic E-state index is 12.1. The minimum Gasteiger partial charge on any atom is -0.333 e. The first-order chi connectivity index (χ1) is 10.8. The van der Waals surface area contributed by atoms with Gasteiger partial charge in [-0.25, -0.2) is 4.79 Å². The van der Waals surface area contributed by atoms with Crippen LogP contribution >= 0.6 is 11.3 Å². The van der Waals surface area contributed by atoms with Gasteiger partial charge in [0.2, 0.25) is 0 Å². The lowest BCUT2D eigenvalue weighted by molar-refractivity contribution is 0.135. The fourth-order valence-electron chi connectivity index (χ4n) is 2.55. The number of aromatic nitrogens is 1. The number of hydrogen-bond donors (Lipinski definition) is 1. The van der Waals surface area contributed by atoms with Gasteiger partial charge in [0.1, 0.15) is 0 Å². The molecule has 2 aromatic rings. The number of rotatable bonds is 4. The SMILES string of the molecule is O=C(NCc1cccs1)N1CCN(Cc2cccnc2)CC1. The summed E-state index contributed by atoms with van der Waals surface area (Å²) in [5.74, 6) is 0. The number of amides is 2. The molecule has 2 amide bonds. The van der Waals surface area contributed by atoms with Crippen LogP contribution in [0.5, 0.6) is 0 Å². The molecule has 0 unspecified atom stereocenters. The molecule has 0 atom stereocenters. The number of piperazine rings is 1. The highest BCUT2D eigenvalue weighted by molar-refractivity contribution is 7.09. The van der Waals surface area contributed by atoms with Crippen molar-refractivity contribution in [1.82, 2.24) is 20.1 Å². The van der Waals surface area contributed by atoms with Crippen LogP contribution in [-0.2, 0) is 13.1 Å². The zero-order valence-corrected chi connectivity index (χ0v) is 13.3. The standard InChI is InChI=1S/C16H20N4OS/c21-16(18-12-15-4-2-10-22-15)20-8-6-19(7-9-20)13-14-3-1-5-17-11-14/h1-5,10-11H,6-9,12-13H2,(H,18,21). The molecule has 1 N–H and O–H groups in total. The summed E-state index contributed by atoms with van der Waals surface area (Å²) in [6, 6.07) is 8.13. The number of nitrogens with zero attached hydrogens (tertiary/aromatic N) is 3. The number of nitrogens with one attached hydrogen (secondary N) is 1. The quantitative estimate of drug-likeness (QED) is 0.940. The Kier molecular flexibility index (Phi) is 5.03. The van der Waals surface area contributed by atoms with Crippen molar-refractivity contribution in [3.63, 3.8) is 0 Å². The Hall–Kier alpha value is -1.92. The Bertz CT molecular complexity index is 579. The largest absolute Gasteiger partial charge is 0.333 e. The lowest BCUT2D eigenvalue weighted by Gasteiger charge is -2.34. The number of carbonyl (C=O) groups is 1. The van der Waals surface area contributed by atoms with E-state index in [2.05, 4.69) is 21.3 Å². The summed E-state index contributed by atoms with van der Waals surface area (Å²) in [5, 5.41) is 5.01. The number of carbonyl (C=O) groups excluding carboxylic acids is 1. The highest BCUT2D eigenvalue weighted by Crippen LogP contribution is 2.10. The number of hydrogen-bond acceptors (Lipinski definition) is 4. The maximum Gasteiger partial charge on any atom is 0.317 e. The fraction of sp³-hybridized carbons (Fsp3) is 0.375. The number of pyridine rings is 1. The molecule has 3 heterocycles. The molecule has 0 aliphatic carbocycles. The normalized spacial score (nSPS) is 15.7. The number of thiophene rings is 1. The molecule has 2 aromatic heterocycles. The Morgan fingerprint density at radius 2 is 2.09 bits per heavy atom. The average molecular weight is 316 g/mol. The average Bonchev–Trinajstić information content (AvgIpc) is 3.08. The lowest BCUT2D eigenvalue weighted by Crippen LogP contribution is -2.51. The molecule has 6 heteroatoms. The topological polar surface area (TPSA) is 48.5 Å². The Morgan fingerprint density at radius 1 is 1.23 bits per heavy atom. The monoisotopic (exact) mass is 316 g/mol. The zero-order chi connectivity index (χ0) is 15.2. The molecular formula is C16H20N4OS.